The van der Waals surface area contributed by atoms with Gasteiger partial charge < -0.3 is 15.4 Å². The molecule has 2 N–H and O–H groups in total. The quantitative estimate of drug-likeness (QED) is 0.858. The molecule has 0 saturated carbocycles. The van der Waals surface area contributed by atoms with Crippen molar-refractivity contribution in [3.8, 4) is 5.75 Å². The van der Waals surface area contributed by atoms with Crippen molar-refractivity contribution in [1.29, 1.82) is 0 Å². The van der Waals surface area contributed by atoms with Gasteiger partial charge in [-0.2, -0.15) is 0 Å². The van der Waals surface area contributed by atoms with E-state index in [0.29, 0.717) is 12.6 Å². The van der Waals surface area contributed by atoms with Crippen LogP contribution in [-0.2, 0) is 0 Å². The van der Waals surface area contributed by atoms with Crippen molar-refractivity contribution in [2.75, 3.05) is 27.7 Å². The molecule has 3 heteroatoms. The van der Waals surface area contributed by atoms with Crippen molar-refractivity contribution >= 4 is 0 Å². The van der Waals surface area contributed by atoms with E-state index in [-0.39, 0.29) is 5.41 Å². The van der Waals surface area contributed by atoms with Crippen LogP contribution in [0.15, 0.2) is 18.2 Å². The van der Waals surface area contributed by atoms with E-state index in [1.165, 1.54) is 11.1 Å². The maximum absolute atomic E-state index is 5.87. The molecule has 1 rings (SSSR count). The molecule has 0 aliphatic carbocycles. The van der Waals surface area contributed by atoms with Crippen molar-refractivity contribution in [3.63, 3.8) is 0 Å². The number of nitrogens with zero attached hydrogens (tertiary/aromatic N) is 1. The van der Waals surface area contributed by atoms with E-state index >= 15 is 0 Å². The monoisotopic (exact) mass is 264 g/mol. The molecule has 1 aromatic rings. The van der Waals surface area contributed by atoms with Crippen molar-refractivity contribution in [2.45, 2.75) is 33.2 Å². The van der Waals surface area contributed by atoms with Gasteiger partial charge in [0.15, 0.2) is 0 Å². The van der Waals surface area contributed by atoms with Crippen molar-refractivity contribution in [2.24, 2.45) is 11.1 Å². The standard InChI is InChI=1S/C16H28N2O/c1-12-9-13(7-8-15(12)19-6)14(18(4)5)10-16(2,3)11-17/h7-9,14H,10-11,17H2,1-6H3. The summed E-state index contributed by atoms with van der Waals surface area (Å²) in [5, 5.41) is 0. The van der Waals surface area contributed by atoms with Gasteiger partial charge in [0, 0.05) is 6.04 Å². The van der Waals surface area contributed by atoms with E-state index in [0.717, 1.165) is 12.2 Å². The number of methoxy groups -OCH3 is 1. The molecule has 0 aliphatic rings. The second-order valence-corrected chi connectivity index (χ2v) is 6.28. The molecule has 0 fully saturated rings. The number of benzene rings is 1. The molecule has 0 amide bonds. The van der Waals surface area contributed by atoms with Crippen molar-refractivity contribution in [3.05, 3.63) is 29.3 Å². The van der Waals surface area contributed by atoms with E-state index in [4.69, 9.17) is 10.5 Å². The average molecular weight is 264 g/mol. The minimum absolute atomic E-state index is 0.142. The van der Waals surface area contributed by atoms with Crippen LogP contribution in [0.25, 0.3) is 0 Å². The Balaban J connectivity index is 3.03. The second-order valence-electron chi connectivity index (χ2n) is 6.28. The van der Waals surface area contributed by atoms with Gasteiger partial charge in [-0.25, -0.2) is 0 Å². The van der Waals surface area contributed by atoms with E-state index < -0.39 is 0 Å². The van der Waals surface area contributed by atoms with Gasteiger partial charge in [0.2, 0.25) is 0 Å². The molecule has 108 valence electrons. The summed E-state index contributed by atoms with van der Waals surface area (Å²) in [7, 11) is 5.95. The van der Waals surface area contributed by atoms with Crippen LogP contribution in [0.3, 0.4) is 0 Å². The third kappa shape index (κ3) is 4.22. The molecule has 0 heterocycles. The number of aryl methyl sites for hydroxylation is 1. The van der Waals surface area contributed by atoms with Crippen LogP contribution in [0.1, 0.15) is 37.4 Å². The summed E-state index contributed by atoms with van der Waals surface area (Å²) in [5.41, 5.74) is 8.51. The van der Waals surface area contributed by atoms with Gasteiger partial charge in [0.05, 0.1) is 7.11 Å². The van der Waals surface area contributed by atoms with Crippen LogP contribution in [0.2, 0.25) is 0 Å². The smallest absolute Gasteiger partial charge is 0.121 e. The molecule has 1 atom stereocenters. The Morgan fingerprint density at radius 3 is 2.37 bits per heavy atom. The van der Waals surface area contributed by atoms with E-state index in [9.17, 15) is 0 Å². The third-order valence-electron chi connectivity index (χ3n) is 3.73. The fourth-order valence-electron chi connectivity index (χ4n) is 2.31. The molecular weight excluding hydrogens is 236 g/mol. The first-order valence-electron chi connectivity index (χ1n) is 6.82. The Morgan fingerprint density at radius 1 is 1.32 bits per heavy atom. The summed E-state index contributed by atoms with van der Waals surface area (Å²) >= 11 is 0. The fourth-order valence-corrected chi connectivity index (χ4v) is 2.31. The summed E-state index contributed by atoms with van der Waals surface area (Å²) in [6.07, 6.45) is 1.04. The molecule has 3 nitrogen and oxygen atoms in total. The molecule has 1 aromatic carbocycles. The molecule has 0 aromatic heterocycles. The lowest BCUT2D eigenvalue weighted by atomic mass is 9.83. The van der Waals surface area contributed by atoms with Crippen molar-refractivity contribution < 1.29 is 4.74 Å². The molecule has 0 radical (unpaired) electrons. The fraction of sp³-hybridized carbons (Fsp3) is 0.625. The van der Waals surface area contributed by atoms with Crippen LogP contribution in [0.4, 0.5) is 0 Å². The molecular formula is C16H28N2O. The zero-order valence-corrected chi connectivity index (χ0v) is 13.2. The highest BCUT2D eigenvalue weighted by atomic mass is 16.5. The Bertz CT molecular complexity index is 413. The maximum Gasteiger partial charge on any atom is 0.121 e. The molecule has 0 spiro atoms. The highest BCUT2D eigenvalue weighted by molar-refractivity contribution is 5.37. The Morgan fingerprint density at radius 2 is 1.95 bits per heavy atom. The van der Waals surface area contributed by atoms with Gasteiger partial charge in [0.1, 0.15) is 5.75 Å². The number of rotatable bonds is 6. The molecule has 0 bridgehead atoms. The van der Waals surface area contributed by atoms with Crippen LogP contribution >= 0.6 is 0 Å². The molecule has 0 saturated heterocycles. The van der Waals surface area contributed by atoms with Crippen LogP contribution in [-0.4, -0.2) is 32.6 Å². The highest BCUT2D eigenvalue weighted by Crippen LogP contribution is 2.34. The lowest BCUT2D eigenvalue weighted by Crippen LogP contribution is -2.31. The van der Waals surface area contributed by atoms with Crippen LogP contribution in [0, 0.1) is 12.3 Å². The van der Waals surface area contributed by atoms with Crippen LogP contribution < -0.4 is 10.5 Å². The average Bonchev–Trinajstić information content (AvgIpc) is 2.35. The zero-order chi connectivity index (χ0) is 14.6. The Kier molecular flexibility index (Phi) is 5.39. The SMILES string of the molecule is COc1ccc(C(CC(C)(C)CN)N(C)C)cc1C. The van der Waals surface area contributed by atoms with E-state index in [1.54, 1.807) is 7.11 Å². The van der Waals surface area contributed by atoms with Gasteiger partial charge in [-0.1, -0.05) is 26.0 Å². The summed E-state index contributed by atoms with van der Waals surface area (Å²) in [6, 6.07) is 6.80. The van der Waals surface area contributed by atoms with E-state index in [2.05, 4.69) is 58.0 Å². The number of hydrogen-bond acceptors (Lipinski definition) is 3. The molecule has 19 heavy (non-hydrogen) atoms. The van der Waals surface area contributed by atoms with Gasteiger partial charge >= 0.3 is 0 Å². The van der Waals surface area contributed by atoms with Crippen LogP contribution in [0.5, 0.6) is 5.75 Å². The lowest BCUT2D eigenvalue weighted by molar-refractivity contribution is 0.202. The summed E-state index contributed by atoms with van der Waals surface area (Å²) in [6.45, 7) is 7.23. The summed E-state index contributed by atoms with van der Waals surface area (Å²) in [4.78, 5) is 2.26. The first kappa shape index (κ1) is 16.0. The summed E-state index contributed by atoms with van der Waals surface area (Å²) in [5.74, 6) is 0.944. The van der Waals surface area contributed by atoms with E-state index in [1.807, 2.05) is 0 Å². The highest BCUT2D eigenvalue weighted by Gasteiger charge is 2.25. The minimum Gasteiger partial charge on any atom is -0.496 e. The predicted molar refractivity (Wildman–Crippen MR) is 81.6 cm³/mol. The third-order valence-corrected chi connectivity index (χ3v) is 3.73. The Hall–Kier alpha value is -1.06. The topological polar surface area (TPSA) is 38.5 Å². The number of nitrogens with two attached hydrogens (primary N) is 1. The lowest BCUT2D eigenvalue weighted by Gasteiger charge is -2.33. The molecule has 1 unspecified atom stereocenters. The summed E-state index contributed by atoms with van der Waals surface area (Å²) < 4.78 is 5.33. The van der Waals surface area contributed by atoms with Gasteiger partial charge in [-0.15, -0.1) is 0 Å². The van der Waals surface area contributed by atoms with Crippen molar-refractivity contribution in [1.82, 2.24) is 4.90 Å². The largest absolute Gasteiger partial charge is 0.496 e. The number of ether oxygens (including phenoxy) is 1. The normalized spacial score (nSPS) is 13.7. The molecule has 0 aliphatic heterocycles. The predicted octanol–water partition coefficient (Wildman–Crippen LogP) is 2.98. The first-order chi connectivity index (χ1) is 8.80. The van der Waals surface area contributed by atoms with Gasteiger partial charge in [0.25, 0.3) is 0 Å². The minimum atomic E-state index is 0.142. The Labute approximate surface area is 117 Å². The second kappa shape index (κ2) is 6.40. The number of hydrogen-bond donors (Lipinski definition) is 1. The van der Waals surface area contributed by atoms with Gasteiger partial charge in [-0.3, -0.25) is 0 Å². The first-order valence-corrected chi connectivity index (χ1v) is 6.82. The van der Waals surface area contributed by atoms with Gasteiger partial charge in [-0.05, 0) is 56.6 Å². The zero-order valence-electron chi connectivity index (χ0n) is 13.2. The maximum atomic E-state index is 5.87.